The molecule has 0 fully saturated rings. The average molecular weight is 340 g/mol. The van der Waals surface area contributed by atoms with Crippen molar-refractivity contribution < 1.29 is 4.79 Å². The zero-order valence-corrected chi connectivity index (χ0v) is 15.2. The number of carbonyl (C=O) groups is 1. The van der Waals surface area contributed by atoms with Crippen molar-refractivity contribution in [3.8, 4) is 11.1 Å². The molecular weight excluding hydrogens is 316 g/mol. The minimum absolute atomic E-state index is 0.0816. The maximum atomic E-state index is 11.5. The summed E-state index contributed by atoms with van der Waals surface area (Å²) in [5.74, 6) is 0.560. The summed E-state index contributed by atoms with van der Waals surface area (Å²) >= 11 is 1.78. The van der Waals surface area contributed by atoms with Gasteiger partial charge in [0.2, 0.25) is 5.91 Å². The molecule has 1 heterocycles. The Morgan fingerprint density at radius 1 is 1.08 bits per heavy atom. The van der Waals surface area contributed by atoms with Crippen LogP contribution in [0, 0.1) is 0 Å². The van der Waals surface area contributed by atoms with Gasteiger partial charge in [-0.25, -0.2) is 0 Å². The molecule has 1 atom stereocenters. The molecule has 0 aliphatic carbocycles. The lowest BCUT2D eigenvalue weighted by Crippen LogP contribution is -2.15. The highest BCUT2D eigenvalue weighted by Gasteiger charge is 2.17. The third-order valence-corrected chi connectivity index (χ3v) is 5.06. The Bertz CT molecular complexity index is 725. The highest BCUT2D eigenvalue weighted by molar-refractivity contribution is 7.97. The third kappa shape index (κ3) is 4.00. The Morgan fingerprint density at radius 3 is 2.50 bits per heavy atom. The van der Waals surface area contributed by atoms with Crippen LogP contribution < -0.4 is 10.0 Å². The van der Waals surface area contributed by atoms with E-state index in [0.717, 1.165) is 23.4 Å². The number of fused-ring (bicyclic) bond motifs is 1. The molecule has 0 bridgehead atoms. The van der Waals surface area contributed by atoms with E-state index in [1.54, 1.807) is 11.9 Å². The van der Waals surface area contributed by atoms with E-state index in [1.807, 2.05) is 6.07 Å². The average Bonchev–Trinajstić information content (AvgIpc) is 2.93. The molecule has 0 aromatic heterocycles. The van der Waals surface area contributed by atoms with E-state index < -0.39 is 0 Å². The van der Waals surface area contributed by atoms with Crippen molar-refractivity contribution in [1.29, 1.82) is 0 Å². The molecule has 1 unspecified atom stereocenters. The van der Waals surface area contributed by atoms with E-state index in [1.165, 1.54) is 11.1 Å². The van der Waals surface area contributed by atoms with Gasteiger partial charge in [0.05, 0.1) is 6.42 Å². The smallest absolute Gasteiger partial charge is 0.228 e. The monoisotopic (exact) mass is 340 g/mol. The number of anilines is 1. The molecule has 1 aliphatic heterocycles. The summed E-state index contributed by atoms with van der Waals surface area (Å²) < 4.78 is 3.44. The maximum Gasteiger partial charge on any atom is 0.228 e. The van der Waals surface area contributed by atoms with Gasteiger partial charge in [0.1, 0.15) is 0 Å². The van der Waals surface area contributed by atoms with Crippen molar-refractivity contribution in [2.24, 2.45) is 0 Å². The zero-order valence-electron chi connectivity index (χ0n) is 14.4. The Morgan fingerprint density at radius 2 is 1.79 bits per heavy atom. The lowest BCUT2D eigenvalue weighted by molar-refractivity contribution is -0.115. The third-order valence-electron chi connectivity index (χ3n) is 4.25. The SMILES string of the molecule is CC(C)SNCC(C)c1ccc(-c2ccc3c(c2)CC(=O)N3)cc1. The molecule has 0 saturated carbocycles. The first-order valence-electron chi connectivity index (χ1n) is 8.44. The summed E-state index contributed by atoms with van der Waals surface area (Å²) in [6.45, 7) is 7.60. The number of amides is 1. The van der Waals surface area contributed by atoms with Crippen LogP contribution in [-0.4, -0.2) is 17.7 Å². The number of benzene rings is 2. The Labute approximate surface area is 148 Å². The normalized spacial score (nSPS) is 14.6. The van der Waals surface area contributed by atoms with Crippen molar-refractivity contribution in [2.75, 3.05) is 11.9 Å². The van der Waals surface area contributed by atoms with Crippen LogP contribution >= 0.6 is 11.9 Å². The van der Waals surface area contributed by atoms with Crippen molar-refractivity contribution in [3.63, 3.8) is 0 Å². The van der Waals surface area contributed by atoms with Gasteiger partial charge in [0.15, 0.2) is 0 Å². The maximum absolute atomic E-state index is 11.5. The molecule has 0 saturated heterocycles. The van der Waals surface area contributed by atoms with E-state index in [9.17, 15) is 4.79 Å². The topological polar surface area (TPSA) is 41.1 Å². The molecule has 1 aliphatic rings. The van der Waals surface area contributed by atoms with Crippen LogP contribution in [0.3, 0.4) is 0 Å². The fourth-order valence-electron chi connectivity index (χ4n) is 2.87. The van der Waals surface area contributed by atoms with Crippen LogP contribution in [0.2, 0.25) is 0 Å². The van der Waals surface area contributed by atoms with Crippen molar-refractivity contribution >= 4 is 23.5 Å². The molecule has 4 heteroatoms. The van der Waals surface area contributed by atoms with Gasteiger partial charge < -0.3 is 5.32 Å². The highest BCUT2D eigenvalue weighted by atomic mass is 32.2. The molecule has 0 radical (unpaired) electrons. The summed E-state index contributed by atoms with van der Waals surface area (Å²) in [7, 11) is 0. The first kappa shape index (κ1) is 17.1. The zero-order chi connectivity index (χ0) is 17.1. The molecule has 2 aromatic rings. The number of hydrogen-bond acceptors (Lipinski definition) is 3. The van der Waals surface area contributed by atoms with Gasteiger partial charge in [-0.15, -0.1) is 0 Å². The van der Waals surface area contributed by atoms with Crippen molar-refractivity contribution in [3.05, 3.63) is 53.6 Å². The van der Waals surface area contributed by atoms with Gasteiger partial charge in [-0.3, -0.25) is 9.52 Å². The van der Waals surface area contributed by atoms with Crippen LogP contribution in [-0.2, 0) is 11.2 Å². The summed E-state index contributed by atoms with van der Waals surface area (Å²) in [6, 6.07) is 15.0. The van der Waals surface area contributed by atoms with E-state index in [0.29, 0.717) is 17.6 Å². The van der Waals surface area contributed by atoms with Gasteiger partial charge in [0.25, 0.3) is 0 Å². The largest absolute Gasteiger partial charge is 0.326 e. The van der Waals surface area contributed by atoms with Crippen LogP contribution in [0.25, 0.3) is 11.1 Å². The first-order chi connectivity index (χ1) is 11.5. The Balaban J connectivity index is 1.68. The number of nitrogens with one attached hydrogen (secondary N) is 2. The van der Waals surface area contributed by atoms with Crippen LogP contribution in [0.4, 0.5) is 5.69 Å². The fourth-order valence-corrected chi connectivity index (χ4v) is 3.55. The van der Waals surface area contributed by atoms with Gasteiger partial charge in [-0.1, -0.05) is 63.1 Å². The van der Waals surface area contributed by atoms with Crippen LogP contribution in [0.5, 0.6) is 0 Å². The predicted octanol–water partition coefficient (Wildman–Crippen LogP) is 4.60. The van der Waals surface area contributed by atoms with Gasteiger partial charge in [-0.2, -0.15) is 0 Å². The standard InChI is InChI=1S/C20H24N2OS/c1-13(2)24-21-12-14(3)15-4-6-16(7-5-15)17-8-9-19-18(10-17)11-20(23)22-19/h4-10,13-14,21H,11-12H2,1-3H3,(H,22,23). The highest BCUT2D eigenvalue weighted by Crippen LogP contribution is 2.29. The Hall–Kier alpha value is -1.78. The predicted molar refractivity (Wildman–Crippen MR) is 103 cm³/mol. The summed E-state index contributed by atoms with van der Waals surface area (Å²) in [5, 5.41) is 3.48. The molecule has 0 spiro atoms. The first-order valence-corrected chi connectivity index (χ1v) is 9.32. The van der Waals surface area contributed by atoms with Gasteiger partial charge >= 0.3 is 0 Å². The second-order valence-electron chi connectivity index (χ2n) is 6.64. The Kier molecular flexibility index (Phi) is 5.27. The molecule has 2 aromatic carbocycles. The van der Waals surface area contributed by atoms with Crippen molar-refractivity contribution in [1.82, 2.24) is 4.72 Å². The second-order valence-corrected chi connectivity index (χ2v) is 8.10. The number of hydrogen-bond donors (Lipinski definition) is 2. The lowest BCUT2D eigenvalue weighted by atomic mass is 9.96. The van der Waals surface area contributed by atoms with E-state index in [4.69, 9.17) is 0 Å². The quantitative estimate of drug-likeness (QED) is 0.755. The van der Waals surface area contributed by atoms with Gasteiger partial charge in [0, 0.05) is 17.5 Å². The molecule has 3 nitrogen and oxygen atoms in total. The molecular formula is C20H24N2OS. The summed E-state index contributed by atoms with van der Waals surface area (Å²) in [6.07, 6.45) is 0.484. The minimum atomic E-state index is 0.0816. The number of carbonyl (C=O) groups excluding carboxylic acids is 1. The van der Waals surface area contributed by atoms with Crippen LogP contribution in [0.15, 0.2) is 42.5 Å². The summed E-state index contributed by atoms with van der Waals surface area (Å²) in [5.41, 5.74) is 5.73. The van der Waals surface area contributed by atoms with Gasteiger partial charge in [-0.05, 0) is 40.3 Å². The molecule has 3 rings (SSSR count). The second kappa shape index (κ2) is 7.41. The fraction of sp³-hybridized carbons (Fsp3) is 0.350. The molecule has 1 amide bonds. The van der Waals surface area contributed by atoms with E-state index in [2.05, 4.69) is 67.2 Å². The molecule has 126 valence electrons. The van der Waals surface area contributed by atoms with E-state index >= 15 is 0 Å². The molecule has 24 heavy (non-hydrogen) atoms. The lowest BCUT2D eigenvalue weighted by Gasteiger charge is -2.14. The molecule has 2 N–H and O–H groups in total. The summed E-state index contributed by atoms with van der Waals surface area (Å²) in [4.78, 5) is 11.5. The number of rotatable bonds is 6. The minimum Gasteiger partial charge on any atom is -0.326 e. The van der Waals surface area contributed by atoms with Crippen LogP contribution in [0.1, 0.15) is 37.8 Å². The van der Waals surface area contributed by atoms with E-state index in [-0.39, 0.29) is 5.91 Å². The van der Waals surface area contributed by atoms with Crippen molar-refractivity contribution in [2.45, 2.75) is 38.4 Å².